The van der Waals surface area contributed by atoms with Gasteiger partial charge in [-0.25, -0.2) is 9.97 Å². The van der Waals surface area contributed by atoms with Crippen LogP contribution in [0.4, 0.5) is 5.82 Å². The monoisotopic (exact) mass is 192 g/mol. The molecule has 6 heteroatoms. The lowest BCUT2D eigenvalue weighted by Gasteiger charge is -2.01. The molecule has 6 nitrogen and oxygen atoms in total. The predicted molar refractivity (Wildman–Crippen MR) is 47.5 cm³/mol. The van der Waals surface area contributed by atoms with Gasteiger partial charge in [0.1, 0.15) is 11.9 Å². The standard InChI is InChI=1S/C8H8N4O2/c9-3-6-4-12-7(5-11-6)10-2-1-8(13)14/h4-5H,1-2H2,(H,10,12)(H,13,14). The van der Waals surface area contributed by atoms with Crippen molar-refractivity contribution in [3.63, 3.8) is 0 Å². The Labute approximate surface area is 80.2 Å². The lowest BCUT2D eigenvalue weighted by Crippen LogP contribution is -2.08. The normalized spacial score (nSPS) is 9.07. The molecule has 72 valence electrons. The van der Waals surface area contributed by atoms with E-state index in [1.165, 1.54) is 12.4 Å². The van der Waals surface area contributed by atoms with Crippen LogP contribution in [0.3, 0.4) is 0 Å². The van der Waals surface area contributed by atoms with E-state index in [0.717, 1.165) is 0 Å². The minimum absolute atomic E-state index is 0.0156. The van der Waals surface area contributed by atoms with Gasteiger partial charge in [0.05, 0.1) is 18.8 Å². The highest BCUT2D eigenvalue weighted by molar-refractivity contribution is 5.67. The zero-order chi connectivity index (χ0) is 10.4. The maximum absolute atomic E-state index is 10.2. The fourth-order valence-electron chi connectivity index (χ4n) is 0.775. The molecule has 2 N–H and O–H groups in total. The number of aliphatic carboxylic acids is 1. The van der Waals surface area contributed by atoms with E-state index in [0.29, 0.717) is 5.82 Å². The highest BCUT2D eigenvalue weighted by atomic mass is 16.4. The number of anilines is 1. The van der Waals surface area contributed by atoms with Crippen LogP contribution >= 0.6 is 0 Å². The van der Waals surface area contributed by atoms with E-state index in [2.05, 4.69) is 15.3 Å². The molecule has 0 amide bonds. The topological polar surface area (TPSA) is 98.9 Å². The van der Waals surface area contributed by atoms with Crippen molar-refractivity contribution in [1.29, 1.82) is 5.26 Å². The van der Waals surface area contributed by atoms with Gasteiger partial charge in [0.25, 0.3) is 0 Å². The second-order valence-corrected chi connectivity index (χ2v) is 2.47. The van der Waals surface area contributed by atoms with E-state index in [9.17, 15) is 4.79 Å². The Kier molecular flexibility index (Phi) is 3.38. The largest absolute Gasteiger partial charge is 0.481 e. The fraction of sp³-hybridized carbons (Fsp3) is 0.250. The number of nitriles is 1. The van der Waals surface area contributed by atoms with E-state index >= 15 is 0 Å². The van der Waals surface area contributed by atoms with Gasteiger partial charge in [-0.15, -0.1) is 0 Å². The van der Waals surface area contributed by atoms with Crippen LogP contribution in [0.1, 0.15) is 12.1 Å². The molecular weight excluding hydrogens is 184 g/mol. The summed E-state index contributed by atoms with van der Waals surface area (Å²) in [5.74, 6) is -0.413. The van der Waals surface area contributed by atoms with Crippen LogP contribution in [0.5, 0.6) is 0 Å². The van der Waals surface area contributed by atoms with Gasteiger partial charge in [-0.3, -0.25) is 4.79 Å². The van der Waals surface area contributed by atoms with E-state index in [1.807, 2.05) is 6.07 Å². The Hall–Kier alpha value is -2.16. The third-order valence-corrected chi connectivity index (χ3v) is 1.41. The van der Waals surface area contributed by atoms with Gasteiger partial charge in [0, 0.05) is 6.54 Å². The number of carboxylic acid groups (broad SMARTS) is 1. The minimum atomic E-state index is -0.876. The molecule has 0 aliphatic carbocycles. The van der Waals surface area contributed by atoms with Gasteiger partial charge in [-0.05, 0) is 0 Å². The summed E-state index contributed by atoms with van der Waals surface area (Å²) in [5, 5.41) is 19.5. The zero-order valence-corrected chi connectivity index (χ0v) is 7.27. The molecule has 0 saturated carbocycles. The van der Waals surface area contributed by atoms with Crippen LogP contribution in [-0.2, 0) is 4.79 Å². The van der Waals surface area contributed by atoms with Crippen LogP contribution in [0, 0.1) is 11.3 Å². The second kappa shape index (κ2) is 4.77. The molecule has 0 spiro atoms. The molecule has 0 aliphatic heterocycles. The van der Waals surface area contributed by atoms with Crippen LogP contribution in [-0.4, -0.2) is 27.6 Å². The van der Waals surface area contributed by atoms with Crippen LogP contribution in [0.15, 0.2) is 12.4 Å². The number of hydrogen-bond donors (Lipinski definition) is 2. The fourth-order valence-corrected chi connectivity index (χ4v) is 0.775. The van der Waals surface area contributed by atoms with E-state index in [4.69, 9.17) is 10.4 Å². The van der Waals surface area contributed by atoms with E-state index in [-0.39, 0.29) is 18.7 Å². The average molecular weight is 192 g/mol. The molecule has 1 aromatic rings. The van der Waals surface area contributed by atoms with Crippen LogP contribution in [0.2, 0.25) is 0 Å². The molecule has 1 heterocycles. The van der Waals surface area contributed by atoms with Crippen molar-refractivity contribution >= 4 is 11.8 Å². The summed E-state index contributed by atoms with van der Waals surface area (Å²) in [6.07, 6.45) is 2.73. The van der Waals surface area contributed by atoms with Crippen LogP contribution < -0.4 is 5.32 Å². The number of nitrogens with zero attached hydrogens (tertiary/aromatic N) is 3. The Bertz CT molecular complexity index is 355. The summed E-state index contributed by atoms with van der Waals surface area (Å²) in [5.41, 5.74) is 0.230. The third-order valence-electron chi connectivity index (χ3n) is 1.41. The Balaban J connectivity index is 2.45. The van der Waals surface area contributed by atoms with Crippen molar-refractivity contribution in [2.24, 2.45) is 0 Å². The van der Waals surface area contributed by atoms with E-state index in [1.54, 1.807) is 0 Å². The summed E-state index contributed by atoms with van der Waals surface area (Å²) >= 11 is 0. The molecule has 0 aromatic carbocycles. The van der Waals surface area contributed by atoms with Gasteiger partial charge in [-0.1, -0.05) is 0 Å². The Morgan fingerprint density at radius 1 is 1.57 bits per heavy atom. The lowest BCUT2D eigenvalue weighted by atomic mass is 10.4. The van der Waals surface area contributed by atoms with Crippen molar-refractivity contribution in [2.45, 2.75) is 6.42 Å². The van der Waals surface area contributed by atoms with Crippen molar-refractivity contribution in [3.8, 4) is 6.07 Å². The maximum Gasteiger partial charge on any atom is 0.305 e. The van der Waals surface area contributed by atoms with E-state index < -0.39 is 5.97 Å². The number of carboxylic acids is 1. The van der Waals surface area contributed by atoms with Crippen molar-refractivity contribution in [1.82, 2.24) is 9.97 Å². The van der Waals surface area contributed by atoms with Crippen molar-refractivity contribution in [3.05, 3.63) is 18.1 Å². The second-order valence-electron chi connectivity index (χ2n) is 2.47. The molecule has 14 heavy (non-hydrogen) atoms. The number of rotatable bonds is 4. The quantitative estimate of drug-likeness (QED) is 0.708. The predicted octanol–water partition coefficient (Wildman–Crippen LogP) is 0.235. The molecule has 0 atom stereocenters. The van der Waals surface area contributed by atoms with Crippen molar-refractivity contribution in [2.75, 3.05) is 11.9 Å². The number of hydrogen-bond acceptors (Lipinski definition) is 5. The summed E-state index contributed by atoms with van der Waals surface area (Å²) in [4.78, 5) is 17.8. The summed E-state index contributed by atoms with van der Waals surface area (Å²) in [6.45, 7) is 0.288. The maximum atomic E-state index is 10.2. The highest BCUT2D eigenvalue weighted by Gasteiger charge is 1.98. The first-order valence-electron chi connectivity index (χ1n) is 3.90. The first-order chi connectivity index (χ1) is 6.72. The average Bonchev–Trinajstić information content (AvgIpc) is 2.18. The third kappa shape index (κ3) is 3.06. The molecule has 0 fully saturated rings. The van der Waals surface area contributed by atoms with Gasteiger partial charge < -0.3 is 10.4 Å². The SMILES string of the molecule is N#Cc1cnc(NCCC(=O)O)cn1. The first-order valence-corrected chi connectivity index (χ1v) is 3.90. The smallest absolute Gasteiger partial charge is 0.305 e. The molecule has 1 aromatic heterocycles. The summed E-state index contributed by atoms with van der Waals surface area (Å²) < 4.78 is 0. The molecule has 0 radical (unpaired) electrons. The van der Waals surface area contributed by atoms with Gasteiger partial charge in [0.2, 0.25) is 0 Å². The first kappa shape index (κ1) is 9.92. The number of nitrogens with one attached hydrogen (secondary N) is 1. The molecule has 0 aliphatic rings. The molecule has 0 unspecified atom stereocenters. The van der Waals surface area contributed by atoms with Crippen LogP contribution in [0.25, 0.3) is 0 Å². The summed E-state index contributed by atoms with van der Waals surface area (Å²) in [7, 11) is 0. The number of aromatic nitrogens is 2. The lowest BCUT2D eigenvalue weighted by molar-refractivity contribution is -0.136. The highest BCUT2D eigenvalue weighted by Crippen LogP contribution is 1.99. The molecule has 0 saturated heterocycles. The summed E-state index contributed by atoms with van der Waals surface area (Å²) in [6, 6.07) is 1.83. The van der Waals surface area contributed by atoms with Gasteiger partial charge in [0.15, 0.2) is 5.69 Å². The van der Waals surface area contributed by atoms with Gasteiger partial charge in [-0.2, -0.15) is 5.26 Å². The zero-order valence-electron chi connectivity index (χ0n) is 7.27. The minimum Gasteiger partial charge on any atom is -0.481 e. The Morgan fingerprint density at radius 3 is 2.86 bits per heavy atom. The number of carbonyl (C=O) groups is 1. The Morgan fingerprint density at radius 2 is 2.36 bits per heavy atom. The molecular formula is C8H8N4O2. The van der Waals surface area contributed by atoms with Gasteiger partial charge >= 0.3 is 5.97 Å². The molecule has 0 bridgehead atoms. The van der Waals surface area contributed by atoms with Crippen molar-refractivity contribution < 1.29 is 9.90 Å². The molecule has 1 rings (SSSR count).